The van der Waals surface area contributed by atoms with Gasteiger partial charge >= 0.3 is 0 Å². The second-order valence-corrected chi connectivity index (χ2v) is 22.0. The smallest absolute Gasteiger partial charge is 0.0468 e. The van der Waals surface area contributed by atoms with Gasteiger partial charge in [0.15, 0.2) is 0 Å². The Hall–Kier alpha value is -11.1. The molecule has 0 saturated carbocycles. The molecule has 0 atom stereocenters. The molecule has 0 amide bonds. The summed E-state index contributed by atoms with van der Waals surface area (Å²) in [4.78, 5) is 4.80. The van der Waals surface area contributed by atoms with Crippen LogP contribution in [0, 0.1) is 0 Å². The normalized spacial score (nSPS) is 11.6. The summed E-state index contributed by atoms with van der Waals surface area (Å²) in [7, 11) is 0. The molecule has 0 spiro atoms. The number of benzene rings is 16. The van der Waals surface area contributed by atoms with E-state index >= 15 is 0 Å². The molecule has 0 heterocycles. The largest absolute Gasteiger partial charge is 0.310 e. The van der Waals surface area contributed by atoms with Gasteiger partial charge < -0.3 is 9.80 Å². The summed E-state index contributed by atoms with van der Waals surface area (Å²) in [6, 6.07) is 121. The number of hydrogen-bond donors (Lipinski definition) is 0. The lowest BCUT2D eigenvalue weighted by atomic mass is 9.81. The van der Waals surface area contributed by atoms with Gasteiger partial charge in [-0.05, 0) is 205 Å². The van der Waals surface area contributed by atoms with Gasteiger partial charge in [-0.25, -0.2) is 0 Å². The first-order chi connectivity index (χ1) is 41.6. The molecule has 0 radical (unpaired) electrons. The van der Waals surface area contributed by atoms with Crippen LogP contribution in [-0.2, 0) is 0 Å². The minimum Gasteiger partial charge on any atom is -0.310 e. The van der Waals surface area contributed by atoms with Crippen LogP contribution in [0.15, 0.2) is 328 Å². The van der Waals surface area contributed by atoms with Crippen LogP contribution in [-0.4, -0.2) is 0 Å². The molecule has 0 bridgehead atoms. The minimum atomic E-state index is 1.08. The van der Waals surface area contributed by atoms with E-state index < -0.39 is 0 Å². The van der Waals surface area contributed by atoms with Crippen molar-refractivity contribution in [2.24, 2.45) is 0 Å². The third-order valence-corrected chi connectivity index (χ3v) is 17.1. The van der Waals surface area contributed by atoms with Crippen LogP contribution in [0.5, 0.6) is 0 Å². The van der Waals surface area contributed by atoms with E-state index in [1.165, 1.54) is 103 Å². The van der Waals surface area contributed by atoms with E-state index in [1.54, 1.807) is 0 Å². The van der Waals surface area contributed by atoms with Crippen LogP contribution in [0.3, 0.4) is 0 Å². The molecule has 2 nitrogen and oxygen atoms in total. The number of anilines is 6. The first-order valence-corrected chi connectivity index (χ1v) is 29.0. The molecule has 0 aliphatic carbocycles. The van der Waals surface area contributed by atoms with Crippen molar-refractivity contribution in [1.29, 1.82) is 0 Å². The topological polar surface area (TPSA) is 6.48 Å². The zero-order valence-corrected chi connectivity index (χ0v) is 46.1. The van der Waals surface area contributed by atoms with Crippen LogP contribution in [0.1, 0.15) is 0 Å². The maximum absolute atomic E-state index is 2.48. The van der Waals surface area contributed by atoms with Crippen molar-refractivity contribution in [2.75, 3.05) is 9.80 Å². The van der Waals surface area contributed by atoms with Crippen molar-refractivity contribution in [1.82, 2.24) is 0 Å². The molecule has 16 aromatic rings. The number of hydrogen-bond acceptors (Lipinski definition) is 2. The third-order valence-electron chi connectivity index (χ3n) is 17.1. The van der Waals surface area contributed by atoms with Gasteiger partial charge in [-0.15, -0.1) is 0 Å². The second kappa shape index (κ2) is 20.5. The van der Waals surface area contributed by atoms with Crippen molar-refractivity contribution in [3.8, 4) is 44.5 Å². The van der Waals surface area contributed by atoms with Gasteiger partial charge in [-0.1, -0.05) is 243 Å². The average Bonchev–Trinajstić information content (AvgIpc) is 2.32. The number of rotatable bonds is 10. The van der Waals surface area contributed by atoms with Gasteiger partial charge in [-0.3, -0.25) is 0 Å². The Balaban J connectivity index is 0.931. The zero-order valence-electron chi connectivity index (χ0n) is 46.1. The molecular weight excluding hydrogens is 1010 g/mol. The highest BCUT2D eigenvalue weighted by Crippen LogP contribution is 2.51. The summed E-state index contributed by atoms with van der Waals surface area (Å²) in [6.07, 6.45) is 0. The Kier molecular flexibility index (Phi) is 11.9. The molecule has 392 valence electrons. The summed E-state index contributed by atoms with van der Waals surface area (Å²) in [5, 5.41) is 17.0. The van der Waals surface area contributed by atoms with E-state index in [0.717, 1.165) is 50.8 Å². The van der Waals surface area contributed by atoms with Crippen molar-refractivity contribution >= 4 is 110 Å². The number of fused-ring (bicyclic) bond motifs is 10. The lowest BCUT2D eigenvalue weighted by Gasteiger charge is -2.27. The third kappa shape index (κ3) is 8.59. The molecule has 0 aromatic heterocycles. The second-order valence-electron chi connectivity index (χ2n) is 22.0. The van der Waals surface area contributed by atoms with Gasteiger partial charge in [0, 0.05) is 34.1 Å². The van der Waals surface area contributed by atoms with E-state index in [-0.39, 0.29) is 0 Å². The van der Waals surface area contributed by atoms with E-state index in [9.17, 15) is 0 Å². The first-order valence-electron chi connectivity index (χ1n) is 29.0. The average molecular weight is 1070 g/mol. The van der Waals surface area contributed by atoms with Crippen molar-refractivity contribution in [2.45, 2.75) is 0 Å². The Labute approximate surface area is 488 Å². The minimum absolute atomic E-state index is 1.08. The summed E-state index contributed by atoms with van der Waals surface area (Å²) in [5.74, 6) is 0. The fraction of sp³-hybridized carbons (Fsp3) is 0. The molecule has 0 aliphatic heterocycles. The standard InChI is InChI=1S/C82H54N2/c1-3-17-55(18-4-1)67-39-48-76-79(53-67)74-29-15-16-30-75(74)81-78(61-35-40-68(41-36-61)83(70-44-31-56-19-7-11-25-63(56)49-70)71-45-32-57-20-8-12-26-64(57)50-71)54-77(60-23-5-2-6-24-60)80(82(76)81)62-37-42-69(43-38-62)84(72-46-33-58-21-9-13-27-65(58)51-72)73-47-34-59-22-10-14-28-66(59)52-73/h1-54H. The van der Waals surface area contributed by atoms with Crippen LogP contribution >= 0.6 is 0 Å². The Morgan fingerprint density at radius 3 is 0.976 bits per heavy atom. The van der Waals surface area contributed by atoms with Crippen molar-refractivity contribution in [3.63, 3.8) is 0 Å². The van der Waals surface area contributed by atoms with Crippen LogP contribution in [0.4, 0.5) is 34.1 Å². The van der Waals surface area contributed by atoms with Crippen molar-refractivity contribution in [3.05, 3.63) is 328 Å². The molecule has 16 aromatic carbocycles. The predicted molar refractivity (Wildman–Crippen MR) is 360 cm³/mol. The molecule has 0 saturated heterocycles. The number of nitrogens with zero attached hydrogens (tertiary/aromatic N) is 2. The molecule has 0 unspecified atom stereocenters. The Bertz CT molecular complexity index is 5020. The molecule has 16 rings (SSSR count). The first kappa shape index (κ1) is 48.8. The maximum Gasteiger partial charge on any atom is 0.0468 e. The molecule has 0 N–H and O–H groups in total. The van der Waals surface area contributed by atoms with Gasteiger partial charge in [0.05, 0.1) is 0 Å². The van der Waals surface area contributed by atoms with Gasteiger partial charge in [0.25, 0.3) is 0 Å². The summed E-state index contributed by atoms with van der Waals surface area (Å²) in [6.45, 7) is 0. The summed E-state index contributed by atoms with van der Waals surface area (Å²) < 4.78 is 0. The molecule has 0 aliphatic rings. The van der Waals surface area contributed by atoms with Gasteiger partial charge in [-0.2, -0.15) is 0 Å². The quantitative estimate of drug-likeness (QED) is 0.126. The lowest BCUT2D eigenvalue weighted by molar-refractivity contribution is 1.29. The highest BCUT2D eigenvalue weighted by molar-refractivity contribution is 6.33. The van der Waals surface area contributed by atoms with E-state index in [4.69, 9.17) is 0 Å². The monoisotopic (exact) mass is 1070 g/mol. The van der Waals surface area contributed by atoms with E-state index in [2.05, 4.69) is 337 Å². The zero-order chi connectivity index (χ0) is 55.5. The molecule has 84 heavy (non-hydrogen) atoms. The SMILES string of the molecule is c1ccc(-c2ccc3c(c2)c2ccccc2c2c(-c4ccc(N(c5ccc6ccccc6c5)c5ccc6ccccc6c5)cc4)cc(-c4ccccc4)c(-c4ccc(N(c5ccc6ccccc6c5)c5ccc6ccccc6c5)cc4)c32)cc1. The Morgan fingerprint density at radius 2 is 0.512 bits per heavy atom. The van der Waals surface area contributed by atoms with E-state index in [0.29, 0.717) is 0 Å². The summed E-state index contributed by atoms with van der Waals surface area (Å²) in [5.41, 5.74) is 16.0. The fourth-order valence-electron chi connectivity index (χ4n) is 13.1. The predicted octanol–water partition coefficient (Wildman–Crippen LogP) is 23.4. The highest BCUT2D eigenvalue weighted by Gasteiger charge is 2.24. The van der Waals surface area contributed by atoms with Crippen LogP contribution < -0.4 is 9.80 Å². The lowest BCUT2D eigenvalue weighted by Crippen LogP contribution is -2.10. The molecular formula is C82H54N2. The summed E-state index contributed by atoms with van der Waals surface area (Å²) >= 11 is 0. The maximum atomic E-state index is 2.48. The van der Waals surface area contributed by atoms with Gasteiger partial charge in [0.2, 0.25) is 0 Å². The molecule has 2 heteroatoms. The van der Waals surface area contributed by atoms with Crippen LogP contribution in [0.25, 0.3) is 120 Å². The fourth-order valence-corrected chi connectivity index (χ4v) is 13.1. The van der Waals surface area contributed by atoms with Crippen molar-refractivity contribution < 1.29 is 0 Å². The van der Waals surface area contributed by atoms with Gasteiger partial charge in [0.1, 0.15) is 0 Å². The highest BCUT2D eigenvalue weighted by atomic mass is 15.1. The van der Waals surface area contributed by atoms with E-state index in [1.807, 2.05) is 0 Å². The van der Waals surface area contributed by atoms with Crippen LogP contribution in [0.2, 0.25) is 0 Å². The molecule has 0 fully saturated rings. The Morgan fingerprint density at radius 1 is 0.167 bits per heavy atom.